The highest BCUT2D eigenvalue weighted by Gasteiger charge is 2.03. The van der Waals surface area contributed by atoms with Gasteiger partial charge in [0.25, 0.3) is 0 Å². The first-order chi connectivity index (χ1) is 11.1. The Kier molecular flexibility index (Phi) is 5.87. The van der Waals surface area contributed by atoms with Gasteiger partial charge in [0.15, 0.2) is 0 Å². The van der Waals surface area contributed by atoms with Crippen LogP contribution >= 0.6 is 0 Å². The van der Waals surface area contributed by atoms with E-state index in [4.69, 9.17) is 4.74 Å². The fourth-order valence-electron chi connectivity index (χ4n) is 1.96. The molecule has 0 spiro atoms. The molecule has 7 heteroatoms. The van der Waals surface area contributed by atoms with E-state index in [1.807, 2.05) is 37.3 Å². The van der Waals surface area contributed by atoms with E-state index in [-0.39, 0.29) is 5.91 Å². The standard InChI is InChI=1S/C16H21N5O2/c1-11-10-15(21-16(18-11)17-8-9-23-3)20-14-6-4-13(5-7-14)19-12(2)22/h4-7,10H,8-9H2,1-3H3,(H,19,22)(H2,17,18,20,21). The van der Waals surface area contributed by atoms with Crippen molar-refractivity contribution < 1.29 is 9.53 Å². The van der Waals surface area contributed by atoms with Gasteiger partial charge in [-0.15, -0.1) is 0 Å². The SMILES string of the molecule is COCCNc1nc(C)cc(Nc2ccc(NC(C)=O)cc2)n1. The summed E-state index contributed by atoms with van der Waals surface area (Å²) < 4.78 is 4.99. The molecule has 0 saturated carbocycles. The summed E-state index contributed by atoms with van der Waals surface area (Å²) in [7, 11) is 1.65. The van der Waals surface area contributed by atoms with Gasteiger partial charge in [-0.25, -0.2) is 4.98 Å². The van der Waals surface area contributed by atoms with E-state index >= 15 is 0 Å². The molecule has 0 fully saturated rings. The van der Waals surface area contributed by atoms with Crippen LogP contribution in [0.1, 0.15) is 12.6 Å². The molecule has 7 nitrogen and oxygen atoms in total. The number of amides is 1. The lowest BCUT2D eigenvalue weighted by molar-refractivity contribution is -0.114. The van der Waals surface area contributed by atoms with Gasteiger partial charge < -0.3 is 20.7 Å². The number of aryl methyl sites for hydroxylation is 1. The maximum atomic E-state index is 11.0. The summed E-state index contributed by atoms with van der Waals surface area (Å²) in [6.07, 6.45) is 0. The normalized spacial score (nSPS) is 10.2. The van der Waals surface area contributed by atoms with E-state index in [1.54, 1.807) is 7.11 Å². The second kappa shape index (κ2) is 8.09. The predicted molar refractivity (Wildman–Crippen MR) is 91.2 cm³/mol. The molecule has 0 aliphatic rings. The van der Waals surface area contributed by atoms with Gasteiger partial charge in [-0.1, -0.05) is 0 Å². The molecular weight excluding hydrogens is 294 g/mol. The first-order valence-corrected chi connectivity index (χ1v) is 7.30. The number of rotatable bonds is 7. The largest absolute Gasteiger partial charge is 0.383 e. The molecule has 23 heavy (non-hydrogen) atoms. The van der Waals surface area contributed by atoms with Gasteiger partial charge in [0.2, 0.25) is 11.9 Å². The van der Waals surface area contributed by atoms with Crippen LogP contribution in [-0.2, 0) is 9.53 Å². The van der Waals surface area contributed by atoms with E-state index in [0.717, 1.165) is 17.1 Å². The minimum atomic E-state index is -0.0936. The Morgan fingerprint density at radius 1 is 1.17 bits per heavy atom. The molecule has 122 valence electrons. The van der Waals surface area contributed by atoms with E-state index < -0.39 is 0 Å². The van der Waals surface area contributed by atoms with Crippen LogP contribution in [0.4, 0.5) is 23.1 Å². The summed E-state index contributed by atoms with van der Waals surface area (Å²) in [6, 6.07) is 9.27. The van der Waals surface area contributed by atoms with Crippen molar-refractivity contribution in [2.75, 3.05) is 36.2 Å². The van der Waals surface area contributed by atoms with E-state index in [1.165, 1.54) is 6.92 Å². The molecule has 0 saturated heterocycles. The third kappa shape index (κ3) is 5.55. The van der Waals surface area contributed by atoms with Crippen LogP contribution in [0.25, 0.3) is 0 Å². The minimum Gasteiger partial charge on any atom is -0.383 e. The van der Waals surface area contributed by atoms with Crippen LogP contribution in [-0.4, -0.2) is 36.1 Å². The minimum absolute atomic E-state index is 0.0936. The fourth-order valence-corrected chi connectivity index (χ4v) is 1.96. The maximum Gasteiger partial charge on any atom is 0.224 e. The third-order valence-electron chi connectivity index (χ3n) is 2.92. The van der Waals surface area contributed by atoms with Gasteiger partial charge in [0, 0.05) is 43.7 Å². The summed E-state index contributed by atoms with van der Waals surface area (Å²) >= 11 is 0. The highest BCUT2D eigenvalue weighted by molar-refractivity contribution is 5.88. The van der Waals surface area contributed by atoms with Crippen molar-refractivity contribution in [1.82, 2.24) is 9.97 Å². The van der Waals surface area contributed by atoms with Crippen LogP contribution < -0.4 is 16.0 Å². The molecule has 0 atom stereocenters. The van der Waals surface area contributed by atoms with Crippen LogP contribution in [0.15, 0.2) is 30.3 Å². The number of benzene rings is 1. The topological polar surface area (TPSA) is 88.2 Å². The van der Waals surface area contributed by atoms with Crippen molar-refractivity contribution in [1.29, 1.82) is 0 Å². The number of methoxy groups -OCH3 is 1. The maximum absolute atomic E-state index is 11.0. The monoisotopic (exact) mass is 315 g/mol. The number of nitrogens with one attached hydrogen (secondary N) is 3. The molecule has 0 aliphatic carbocycles. The smallest absolute Gasteiger partial charge is 0.224 e. The Bertz CT molecular complexity index is 658. The Morgan fingerprint density at radius 3 is 2.52 bits per heavy atom. The molecule has 0 unspecified atom stereocenters. The highest BCUT2D eigenvalue weighted by Crippen LogP contribution is 2.19. The third-order valence-corrected chi connectivity index (χ3v) is 2.92. The number of carbonyl (C=O) groups excluding carboxylic acids is 1. The summed E-state index contributed by atoms with van der Waals surface area (Å²) in [5.74, 6) is 1.16. The lowest BCUT2D eigenvalue weighted by Gasteiger charge is -2.10. The lowest BCUT2D eigenvalue weighted by Crippen LogP contribution is -2.11. The number of hydrogen-bond donors (Lipinski definition) is 3. The second-order valence-electron chi connectivity index (χ2n) is 5.02. The van der Waals surface area contributed by atoms with Gasteiger partial charge in [-0.05, 0) is 31.2 Å². The van der Waals surface area contributed by atoms with Gasteiger partial charge in [0.1, 0.15) is 5.82 Å². The zero-order valence-electron chi connectivity index (χ0n) is 13.5. The number of anilines is 4. The second-order valence-corrected chi connectivity index (χ2v) is 5.02. The van der Waals surface area contributed by atoms with Crippen molar-refractivity contribution in [3.63, 3.8) is 0 Å². The molecule has 1 aromatic carbocycles. The van der Waals surface area contributed by atoms with Crippen molar-refractivity contribution in [2.24, 2.45) is 0 Å². The van der Waals surface area contributed by atoms with E-state index in [9.17, 15) is 4.79 Å². The summed E-state index contributed by atoms with van der Waals surface area (Å²) in [4.78, 5) is 19.8. The molecule has 0 aliphatic heterocycles. The zero-order chi connectivity index (χ0) is 16.7. The van der Waals surface area contributed by atoms with Crippen LogP contribution in [0.3, 0.4) is 0 Å². The van der Waals surface area contributed by atoms with Gasteiger partial charge >= 0.3 is 0 Å². The number of ether oxygens (including phenoxy) is 1. The quantitative estimate of drug-likeness (QED) is 0.681. The average Bonchev–Trinajstić information content (AvgIpc) is 2.48. The first kappa shape index (κ1) is 16.7. The number of carbonyl (C=O) groups is 1. The Morgan fingerprint density at radius 2 is 1.87 bits per heavy atom. The number of hydrogen-bond acceptors (Lipinski definition) is 6. The van der Waals surface area contributed by atoms with Crippen molar-refractivity contribution >= 4 is 29.0 Å². The summed E-state index contributed by atoms with van der Waals surface area (Å²) in [5, 5.41) is 9.06. The van der Waals surface area contributed by atoms with Crippen molar-refractivity contribution in [2.45, 2.75) is 13.8 Å². The zero-order valence-corrected chi connectivity index (χ0v) is 13.5. The predicted octanol–water partition coefficient (Wildman–Crippen LogP) is 2.55. The summed E-state index contributed by atoms with van der Waals surface area (Å²) in [5.41, 5.74) is 2.49. The lowest BCUT2D eigenvalue weighted by atomic mass is 10.2. The molecule has 3 N–H and O–H groups in total. The molecule has 0 radical (unpaired) electrons. The Hall–Kier alpha value is -2.67. The van der Waals surface area contributed by atoms with Crippen molar-refractivity contribution in [3.05, 3.63) is 36.0 Å². The molecule has 1 heterocycles. The molecule has 2 rings (SSSR count). The van der Waals surface area contributed by atoms with Crippen molar-refractivity contribution in [3.8, 4) is 0 Å². The molecular formula is C16H21N5O2. The van der Waals surface area contributed by atoms with E-state index in [2.05, 4.69) is 25.9 Å². The fraction of sp³-hybridized carbons (Fsp3) is 0.312. The van der Waals surface area contributed by atoms with Gasteiger partial charge in [0.05, 0.1) is 6.61 Å². The average molecular weight is 315 g/mol. The molecule has 2 aromatic rings. The first-order valence-electron chi connectivity index (χ1n) is 7.30. The van der Waals surface area contributed by atoms with Crippen LogP contribution in [0, 0.1) is 6.92 Å². The highest BCUT2D eigenvalue weighted by atomic mass is 16.5. The van der Waals surface area contributed by atoms with Gasteiger partial charge in [-0.2, -0.15) is 4.98 Å². The Labute approximate surface area is 135 Å². The summed E-state index contributed by atoms with van der Waals surface area (Å²) in [6.45, 7) is 4.62. The number of nitrogens with zero attached hydrogens (tertiary/aromatic N) is 2. The van der Waals surface area contributed by atoms with Crippen LogP contribution in [0.5, 0.6) is 0 Å². The van der Waals surface area contributed by atoms with Crippen LogP contribution in [0.2, 0.25) is 0 Å². The molecule has 1 amide bonds. The Balaban J connectivity index is 2.05. The number of aromatic nitrogens is 2. The van der Waals surface area contributed by atoms with Gasteiger partial charge in [-0.3, -0.25) is 4.79 Å². The molecule has 0 bridgehead atoms. The van der Waals surface area contributed by atoms with E-state index in [0.29, 0.717) is 24.9 Å². The molecule has 1 aromatic heterocycles.